The lowest BCUT2D eigenvalue weighted by molar-refractivity contribution is 0.276. The van der Waals surface area contributed by atoms with E-state index in [4.69, 9.17) is 4.74 Å². The molecule has 0 aliphatic heterocycles. The first-order valence-electron chi connectivity index (χ1n) is 4.71. The van der Waals surface area contributed by atoms with Gasteiger partial charge in [0.15, 0.2) is 11.6 Å². The van der Waals surface area contributed by atoms with Gasteiger partial charge < -0.3 is 4.74 Å². The van der Waals surface area contributed by atoms with Crippen LogP contribution in [0.3, 0.4) is 0 Å². The lowest BCUT2D eigenvalue weighted by Gasteiger charge is -2.09. The van der Waals surface area contributed by atoms with E-state index in [1.807, 2.05) is 0 Å². The van der Waals surface area contributed by atoms with Crippen LogP contribution in [0.1, 0.15) is 20.3 Å². The van der Waals surface area contributed by atoms with Crippen LogP contribution in [0, 0.1) is 11.7 Å². The topological polar surface area (TPSA) is 9.23 Å². The first-order chi connectivity index (χ1) is 6.59. The summed E-state index contributed by atoms with van der Waals surface area (Å²) in [6, 6.07) is 4.57. The Morgan fingerprint density at radius 2 is 2.14 bits per heavy atom. The summed E-state index contributed by atoms with van der Waals surface area (Å²) in [7, 11) is 0. The number of hydrogen-bond acceptors (Lipinski definition) is 2. The van der Waals surface area contributed by atoms with Gasteiger partial charge in [0.05, 0.1) is 6.61 Å². The van der Waals surface area contributed by atoms with Crippen LogP contribution in [0.5, 0.6) is 5.75 Å². The molecule has 0 aliphatic rings. The van der Waals surface area contributed by atoms with Gasteiger partial charge in [-0.3, -0.25) is 0 Å². The highest BCUT2D eigenvalue weighted by molar-refractivity contribution is 7.80. The van der Waals surface area contributed by atoms with E-state index in [-0.39, 0.29) is 11.6 Å². The van der Waals surface area contributed by atoms with Crippen molar-refractivity contribution in [1.29, 1.82) is 0 Å². The molecule has 0 aromatic heterocycles. The number of ether oxygens (including phenoxy) is 1. The molecule has 0 saturated heterocycles. The molecule has 1 nitrogen and oxygen atoms in total. The molecule has 0 bridgehead atoms. The van der Waals surface area contributed by atoms with E-state index in [2.05, 4.69) is 26.5 Å². The van der Waals surface area contributed by atoms with Gasteiger partial charge in [0.1, 0.15) is 0 Å². The zero-order chi connectivity index (χ0) is 10.6. The summed E-state index contributed by atoms with van der Waals surface area (Å²) in [6.07, 6.45) is 0.927. The van der Waals surface area contributed by atoms with Crippen LogP contribution in [-0.4, -0.2) is 6.61 Å². The highest BCUT2D eigenvalue weighted by Gasteiger charge is 2.03. The van der Waals surface area contributed by atoms with Crippen molar-refractivity contribution >= 4 is 12.6 Å². The Labute approximate surface area is 89.7 Å². The molecule has 0 amide bonds. The normalized spacial score (nSPS) is 10.6. The Morgan fingerprint density at radius 3 is 2.79 bits per heavy atom. The second kappa shape index (κ2) is 5.25. The Balaban J connectivity index is 2.53. The van der Waals surface area contributed by atoms with E-state index < -0.39 is 0 Å². The second-order valence-corrected chi connectivity index (χ2v) is 4.16. The third kappa shape index (κ3) is 3.58. The fourth-order valence-electron chi connectivity index (χ4n) is 1.01. The summed E-state index contributed by atoms with van der Waals surface area (Å²) in [5.74, 6) is 0.530. The average molecular weight is 214 g/mol. The molecule has 0 radical (unpaired) electrons. The minimum absolute atomic E-state index is 0.290. The van der Waals surface area contributed by atoms with Crippen molar-refractivity contribution in [3.63, 3.8) is 0 Å². The number of thiol groups is 1. The zero-order valence-electron chi connectivity index (χ0n) is 8.46. The number of hydrogen-bond donors (Lipinski definition) is 1. The molecule has 1 rings (SSSR count). The summed E-state index contributed by atoms with van der Waals surface area (Å²) in [6.45, 7) is 4.76. The first-order valence-corrected chi connectivity index (χ1v) is 5.15. The molecule has 0 aliphatic carbocycles. The monoisotopic (exact) mass is 214 g/mol. The van der Waals surface area contributed by atoms with Crippen LogP contribution >= 0.6 is 12.6 Å². The van der Waals surface area contributed by atoms with Gasteiger partial charge in [-0.25, -0.2) is 4.39 Å². The third-order valence-corrected chi connectivity index (χ3v) is 2.15. The van der Waals surface area contributed by atoms with Gasteiger partial charge in [0.25, 0.3) is 0 Å². The summed E-state index contributed by atoms with van der Waals surface area (Å²) in [5.41, 5.74) is 0. The van der Waals surface area contributed by atoms with E-state index in [1.165, 1.54) is 6.07 Å². The SMILES string of the molecule is CC(C)CCOc1cc(S)ccc1F. The Morgan fingerprint density at radius 1 is 1.43 bits per heavy atom. The predicted molar refractivity (Wildman–Crippen MR) is 58.6 cm³/mol. The standard InChI is InChI=1S/C11H15FOS/c1-8(2)5-6-13-11-7-9(14)3-4-10(11)12/h3-4,7-8,14H,5-6H2,1-2H3. The van der Waals surface area contributed by atoms with E-state index in [1.54, 1.807) is 12.1 Å². The Hall–Kier alpha value is -0.700. The zero-order valence-corrected chi connectivity index (χ0v) is 9.35. The maximum absolute atomic E-state index is 13.1. The van der Waals surface area contributed by atoms with Crippen LogP contribution in [0.2, 0.25) is 0 Å². The summed E-state index contributed by atoms with van der Waals surface area (Å²) in [5, 5.41) is 0. The van der Waals surface area contributed by atoms with Crippen LogP contribution in [0.4, 0.5) is 4.39 Å². The number of benzene rings is 1. The third-order valence-electron chi connectivity index (χ3n) is 1.87. The van der Waals surface area contributed by atoms with Crippen molar-refractivity contribution in [2.45, 2.75) is 25.2 Å². The highest BCUT2D eigenvalue weighted by atomic mass is 32.1. The van der Waals surface area contributed by atoms with E-state index in [0.717, 1.165) is 6.42 Å². The van der Waals surface area contributed by atoms with E-state index in [9.17, 15) is 4.39 Å². The molecule has 0 N–H and O–H groups in total. The molecule has 0 heterocycles. The highest BCUT2D eigenvalue weighted by Crippen LogP contribution is 2.21. The lowest BCUT2D eigenvalue weighted by Crippen LogP contribution is -2.02. The van der Waals surface area contributed by atoms with Crippen LogP contribution in [0.25, 0.3) is 0 Å². The molecule has 78 valence electrons. The second-order valence-electron chi connectivity index (χ2n) is 3.65. The van der Waals surface area contributed by atoms with Gasteiger partial charge in [-0.05, 0) is 30.5 Å². The molecule has 1 aromatic rings. The predicted octanol–water partition coefficient (Wildman–Crippen LogP) is 3.54. The fraction of sp³-hybridized carbons (Fsp3) is 0.455. The minimum atomic E-state index is -0.327. The fourth-order valence-corrected chi connectivity index (χ4v) is 1.20. The van der Waals surface area contributed by atoms with Crippen LogP contribution in [-0.2, 0) is 0 Å². The van der Waals surface area contributed by atoms with E-state index >= 15 is 0 Å². The maximum atomic E-state index is 13.1. The summed E-state index contributed by atoms with van der Waals surface area (Å²) in [4.78, 5) is 0.714. The first kappa shape index (κ1) is 11.4. The smallest absolute Gasteiger partial charge is 0.165 e. The van der Waals surface area contributed by atoms with Crippen LogP contribution in [0.15, 0.2) is 23.1 Å². The maximum Gasteiger partial charge on any atom is 0.165 e. The van der Waals surface area contributed by atoms with E-state index in [0.29, 0.717) is 17.4 Å². The molecule has 0 spiro atoms. The van der Waals surface area contributed by atoms with Crippen molar-refractivity contribution in [3.05, 3.63) is 24.0 Å². The number of halogens is 1. The minimum Gasteiger partial charge on any atom is -0.490 e. The van der Waals surface area contributed by atoms with Crippen molar-refractivity contribution in [2.75, 3.05) is 6.61 Å². The molecular formula is C11H15FOS. The quantitative estimate of drug-likeness (QED) is 0.754. The van der Waals surface area contributed by atoms with Crippen molar-refractivity contribution < 1.29 is 9.13 Å². The Bertz CT molecular complexity index is 299. The summed E-state index contributed by atoms with van der Waals surface area (Å²) < 4.78 is 18.4. The summed E-state index contributed by atoms with van der Waals surface area (Å²) >= 11 is 4.12. The van der Waals surface area contributed by atoms with Gasteiger partial charge in [0.2, 0.25) is 0 Å². The Kier molecular flexibility index (Phi) is 4.26. The van der Waals surface area contributed by atoms with Crippen molar-refractivity contribution in [2.24, 2.45) is 5.92 Å². The molecule has 0 unspecified atom stereocenters. The van der Waals surface area contributed by atoms with Gasteiger partial charge in [-0.1, -0.05) is 13.8 Å². The van der Waals surface area contributed by atoms with Gasteiger partial charge in [-0.15, -0.1) is 12.6 Å². The molecule has 3 heteroatoms. The van der Waals surface area contributed by atoms with Gasteiger partial charge in [-0.2, -0.15) is 0 Å². The molecule has 14 heavy (non-hydrogen) atoms. The van der Waals surface area contributed by atoms with Gasteiger partial charge >= 0.3 is 0 Å². The molecule has 0 saturated carbocycles. The lowest BCUT2D eigenvalue weighted by atomic mass is 10.1. The molecule has 0 atom stereocenters. The van der Waals surface area contributed by atoms with Crippen LogP contribution < -0.4 is 4.74 Å². The largest absolute Gasteiger partial charge is 0.490 e. The average Bonchev–Trinajstić information content (AvgIpc) is 2.10. The molecular weight excluding hydrogens is 199 g/mol. The number of rotatable bonds is 4. The van der Waals surface area contributed by atoms with Gasteiger partial charge in [0, 0.05) is 4.90 Å². The molecule has 0 fully saturated rings. The van der Waals surface area contributed by atoms with Crippen molar-refractivity contribution in [3.8, 4) is 5.75 Å². The molecule has 1 aromatic carbocycles. The van der Waals surface area contributed by atoms with Crippen molar-refractivity contribution in [1.82, 2.24) is 0 Å².